The van der Waals surface area contributed by atoms with Gasteiger partial charge in [0.2, 0.25) is 0 Å². The van der Waals surface area contributed by atoms with Crippen LogP contribution >= 0.6 is 0 Å². The molecule has 1 N–H and O–H groups in total. The minimum atomic E-state index is -0.924. The number of benzene rings is 1. The fraction of sp³-hybridized carbons (Fsp3) is 0.333. The SMILES string of the molecule is C.C=O.C=O.CC1CCN(c2ncccc2-c2nc3c(F)c(F)ccc3[nH]2)CC1. The van der Waals surface area contributed by atoms with E-state index in [1.807, 2.05) is 25.7 Å². The van der Waals surface area contributed by atoms with Crippen molar-refractivity contribution in [1.82, 2.24) is 15.0 Å². The molecule has 3 heterocycles. The molecular formula is C21H26F2N4O2. The van der Waals surface area contributed by atoms with Crippen LogP contribution < -0.4 is 4.90 Å². The van der Waals surface area contributed by atoms with Crippen molar-refractivity contribution in [2.24, 2.45) is 5.92 Å². The Bertz CT molecular complexity index is 922. The average molecular weight is 404 g/mol. The monoisotopic (exact) mass is 404 g/mol. The van der Waals surface area contributed by atoms with E-state index in [1.165, 1.54) is 6.07 Å². The van der Waals surface area contributed by atoms with Crippen LogP contribution in [0.5, 0.6) is 0 Å². The first-order valence-corrected chi connectivity index (χ1v) is 8.75. The van der Waals surface area contributed by atoms with Crippen LogP contribution in [-0.4, -0.2) is 41.6 Å². The molecule has 1 fully saturated rings. The van der Waals surface area contributed by atoms with Gasteiger partial charge in [0, 0.05) is 19.3 Å². The van der Waals surface area contributed by atoms with E-state index >= 15 is 0 Å². The number of H-pyrrole nitrogens is 1. The number of carbonyl (C=O) groups is 2. The molecule has 8 heteroatoms. The third kappa shape index (κ3) is 5.01. The highest BCUT2D eigenvalue weighted by atomic mass is 19.2. The predicted molar refractivity (Wildman–Crippen MR) is 111 cm³/mol. The maximum absolute atomic E-state index is 13.9. The normalized spacial score (nSPS) is 13.6. The summed E-state index contributed by atoms with van der Waals surface area (Å²) in [7, 11) is 0. The van der Waals surface area contributed by atoms with Gasteiger partial charge in [0.1, 0.15) is 30.7 Å². The van der Waals surface area contributed by atoms with Crippen LogP contribution in [0.1, 0.15) is 27.2 Å². The number of pyridine rings is 1. The number of nitrogens with zero attached hydrogens (tertiary/aromatic N) is 3. The summed E-state index contributed by atoms with van der Waals surface area (Å²) in [6, 6.07) is 6.35. The molecule has 0 amide bonds. The Labute approximate surface area is 169 Å². The Hall–Kier alpha value is -3.16. The van der Waals surface area contributed by atoms with Gasteiger partial charge in [0.25, 0.3) is 0 Å². The third-order valence-corrected chi connectivity index (χ3v) is 4.67. The highest BCUT2D eigenvalue weighted by molar-refractivity contribution is 5.82. The zero-order valence-corrected chi connectivity index (χ0v) is 15.6. The number of aromatic nitrogens is 3. The van der Waals surface area contributed by atoms with E-state index in [2.05, 4.69) is 26.8 Å². The maximum atomic E-state index is 13.9. The molecule has 1 saturated heterocycles. The van der Waals surface area contributed by atoms with Gasteiger partial charge < -0.3 is 19.5 Å². The van der Waals surface area contributed by atoms with Crippen LogP contribution in [0.25, 0.3) is 22.4 Å². The fourth-order valence-electron chi connectivity index (χ4n) is 3.20. The quantitative estimate of drug-likeness (QED) is 0.685. The minimum absolute atomic E-state index is 0. The summed E-state index contributed by atoms with van der Waals surface area (Å²) in [5.74, 6) is 0.251. The van der Waals surface area contributed by atoms with Crippen LogP contribution in [0.4, 0.5) is 14.6 Å². The van der Waals surface area contributed by atoms with E-state index in [9.17, 15) is 8.78 Å². The number of hydrogen-bond acceptors (Lipinski definition) is 5. The number of hydrogen-bond donors (Lipinski definition) is 1. The second kappa shape index (κ2) is 11.0. The lowest BCUT2D eigenvalue weighted by molar-refractivity contribution is -0.0987. The number of imidazole rings is 1. The summed E-state index contributed by atoms with van der Waals surface area (Å²) in [6.07, 6.45) is 3.99. The summed E-state index contributed by atoms with van der Waals surface area (Å²) < 4.78 is 27.4. The summed E-state index contributed by atoms with van der Waals surface area (Å²) in [5, 5.41) is 0. The lowest BCUT2D eigenvalue weighted by atomic mass is 9.99. The number of piperidine rings is 1. The number of aromatic amines is 1. The van der Waals surface area contributed by atoms with Gasteiger partial charge in [-0.2, -0.15) is 0 Å². The molecule has 1 aliphatic rings. The van der Waals surface area contributed by atoms with Crippen molar-refractivity contribution in [2.45, 2.75) is 27.2 Å². The highest BCUT2D eigenvalue weighted by Gasteiger charge is 2.21. The van der Waals surface area contributed by atoms with Crippen LogP contribution in [0.15, 0.2) is 30.5 Å². The smallest absolute Gasteiger partial charge is 0.186 e. The molecule has 0 unspecified atom stereocenters. The number of rotatable bonds is 2. The molecule has 1 aromatic carbocycles. The van der Waals surface area contributed by atoms with Gasteiger partial charge in [-0.05, 0) is 43.0 Å². The van der Waals surface area contributed by atoms with Gasteiger partial charge >= 0.3 is 0 Å². The van der Waals surface area contributed by atoms with E-state index in [-0.39, 0.29) is 12.9 Å². The van der Waals surface area contributed by atoms with Crippen LogP contribution in [-0.2, 0) is 9.59 Å². The summed E-state index contributed by atoms with van der Waals surface area (Å²) >= 11 is 0. The third-order valence-electron chi connectivity index (χ3n) is 4.67. The molecular weight excluding hydrogens is 378 g/mol. The van der Waals surface area contributed by atoms with Crippen molar-refractivity contribution in [2.75, 3.05) is 18.0 Å². The Kier molecular flexibility index (Phi) is 9.05. The van der Waals surface area contributed by atoms with Crippen molar-refractivity contribution in [3.63, 3.8) is 0 Å². The van der Waals surface area contributed by atoms with Crippen molar-refractivity contribution < 1.29 is 18.4 Å². The number of carbonyl (C=O) groups excluding carboxylic acids is 2. The van der Waals surface area contributed by atoms with Gasteiger partial charge in [0.05, 0.1) is 11.1 Å². The Morgan fingerprint density at radius 1 is 1.10 bits per heavy atom. The van der Waals surface area contributed by atoms with E-state index in [0.29, 0.717) is 11.3 Å². The highest BCUT2D eigenvalue weighted by Crippen LogP contribution is 2.31. The number of fused-ring (bicyclic) bond motifs is 1. The Morgan fingerprint density at radius 2 is 1.76 bits per heavy atom. The largest absolute Gasteiger partial charge is 0.356 e. The molecule has 3 aromatic rings. The Balaban J connectivity index is 0.000000794. The maximum Gasteiger partial charge on any atom is 0.186 e. The molecule has 0 atom stereocenters. The molecule has 1 aliphatic heterocycles. The lowest BCUT2D eigenvalue weighted by Crippen LogP contribution is -2.33. The van der Waals surface area contributed by atoms with Crippen molar-refractivity contribution in [3.8, 4) is 11.4 Å². The molecule has 0 bridgehead atoms. The van der Waals surface area contributed by atoms with Gasteiger partial charge in [-0.25, -0.2) is 18.7 Å². The standard InChI is InChI=1S/C18H18F2N4.2CH2O.CH4/c1-11-6-9-24(10-7-11)18-12(3-2-8-21-18)17-22-14-5-4-13(19)15(20)16(14)23-17;2*1-2;/h2-5,8,11H,6-7,9-10H2,1H3,(H,22,23);2*1H2;1H4. The molecule has 0 saturated carbocycles. The van der Waals surface area contributed by atoms with Crippen LogP contribution in [0, 0.1) is 17.6 Å². The molecule has 29 heavy (non-hydrogen) atoms. The summed E-state index contributed by atoms with van der Waals surface area (Å²) in [5.41, 5.74) is 1.31. The zero-order valence-electron chi connectivity index (χ0n) is 15.6. The lowest BCUT2D eigenvalue weighted by Gasteiger charge is -2.32. The molecule has 4 rings (SSSR count). The topological polar surface area (TPSA) is 79.0 Å². The van der Waals surface area contributed by atoms with E-state index in [0.717, 1.165) is 49.3 Å². The van der Waals surface area contributed by atoms with E-state index in [4.69, 9.17) is 9.59 Å². The number of nitrogens with one attached hydrogen (secondary N) is 1. The first-order chi connectivity index (χ1) is 13.6. The molecule has 0 radical (unpaired) electrons. The van der Waals surface area contributed by atoms with Crippen molar-refractivity contribution >= 4 is 30.4 Å². The molecule has 0 aliphatic carbocycles. The van der Waals surface area contributed by atoms with Gasteiger partial charge in [-0.3, -0.25) is 0 Å². The summed E-state index contributed by atoms with van der Waals surface area (Å²) in [6.45, 7) is 8.13. The van der Waals surface area contributed by atoms with Gasteiger partial charge in [0.15, 0.2) is 11.6 Å². The van der Waals surface area contributed by atoms with E-state index in [1.54, 1.807) is 6.20 Å². The minimum Gasteiger partial charge on any atom is -0.356 e. The van der Waals surface area contributed by atoms with Crippen LogP contribution in [0.2, 0.25) is 0 Å². The van der Waals surface area contributed by atoms with Crippen molar-refractivity contribution in [1.29, 1.82) is 0 Å². The predicted octanol–water partition coefficient (Wildman–Crippen LogP) is 4.41. The average Bonchev–Trinajstić information content (AvgIpc) is 3.19. The second-order valence-electron chi connectivity index (χ2n) is 6.39. The van der Waals surface area contributed by atoms with Gasteiger partial charge in [-0.1, -0.05) is 14.4 Å². The van der Waals surface area contributed by atoms with Gasteiger partial charge in [-0.15, -0.1) is 0 Å². The summed E-state index contributed by atoms with van der Waals surface area (Å²) in [4.78, 5) is 30.1. The molecule has 2 aromatic heterocycles. The second-order valence-corrected chi connectivity index (χ2v) is 6.39. The van der Waals surface area contributed by atoms with E-state index < -0.39 is 11.6 Å². The van der Waals surface area contributed by atoms with Crippen molar-refractivity contribution in [3.05, 3.63) is 42.1 Å². The first kappa shape index (κ1) is 23.9. The Morgan fingerprint density at radius 3 is 2.41 bits per heavy atom. The zero-order chi connectivity index (χ0) is 20.7. The van der Waals surface area contributed by atoms with Crippen LogP contribution in [0.3, 0.4) is 0 Å². The molecule has 6 nitrogen and oxygen atoms in total. The molecule has 156 valence electrons. The number of anilines is 1. The number of halogens is 2. The molecule has 0 spiro atoms. The first-order valence-electron chi connectivity index (χ1n) is 8.75. The fourth-order valence-corrected chi connectivity index (χ4v) is 3.20.